The van der Waals surface area contributed by atoms with Crippen molar-refractivity contribution in [3.8, 4) is 6.07 Å². The molecule has 0 saturated heterocycles. The van der Waals surface area contributed by atoms with Gasteiger partial charge < -0.3 is 20.4 Å². The number of carbonyl (C=O) groups is 2. The van der Waals surface area contributed by atoms with Gasteiger partial charge in [0.05, 0.1) is 31.4 Å². The van der Waals surface area contributed by atoms with Crippen LogP contribution in [0.15, 0.2) is 24.3 Å². The number of aliphatic hydroxyl groups excluding tert-OH is 2. The molecule has 2 aromatic rings. The van der Waals surface area contributed by atoms with Crippen LogP contribution in [0.4, 0.5) is 0 Å². The van der Waals surface area contributed by atoms with Gasteiger partial charge in [0.15, 0.2) is 5.69 Å². The minimum absolute atomic E-state index is 0.0531. The van der Waals surface area contributed by atoms with Crippen molar-refractivity contribution >= 4 is 23.6 Å². The summed E-state index contributed by atoms with van der Waals surface area (Å²) in [6.07, 6.45) is 2.50. The third-order valence-electron chi connectivity index (χ3n) is 6.40. The maximum Gasteiger partial charge on any atom is 0.272 e. The summed E-state index contributed by atoms with van der Waals surface area (Å²) in [5.41, 5.74) is 2.60. The van der Waals surface area contributed by atoms with Crippen LogP contribution in [-0.4, -0.2) is 72.5 Å². The summed E-state index contributed by atoms with van der Waals surface area (Å²) in [5, 5.41) is 35.4. The number of nitrogens with one attached hydrogen (secondary N) is 1. The number of thioether (sulfide) groups is 1. The number of fused-ring (bicyclic) bond motifs is 1. The Morgan fingerprint density at radius 3 is 2.60 bits per heavy atom. The van der Waals surface area contributed by atoms with E-state index in [1.54, 1.807) is 36.0 Å². The van der Waals surface area contributed by atoms with E-state index in [1.807, 2.05) is 18.7 Å². The standard InChI is InChI=1S/C25H31N5O4S/c1-24(2,16-32)35-25(8-9-25)15-29-10-7-19-20(28-30(11-12-31)21(19)23(29)34)22(33)27-14-18-5-3-17(13-26)4-6-18/h3-6,31-32H,7-12,14-16H2,1-2H3,(H,27,33). The third kappa shape index (κ3) is 5.53. The van der Waals surface area contributed by atoms with E-state index in [9.17, 15) is 19.8 Å². The monoisotopic (exact) mass is 497 g/mol. The molecule has 1 aromatic heterocycles. The van der Waals surface area contributed by atoms with Crippen molar-refractivity contribution in [1.29, 1.82) is 5.26 Å². The topological polar surface area (TPSA) is 131 Å². The molecule has 3 N–H and O–H groups in total. The van der Waals surface area contributed by atoms with Gasteiger partial charge in [-0.15, -0.1) is 11.8 Å². The second-order valence-electron chi connectivity index (χ2n) is 9.79. The van der Waals surface area contributed by atoms with E-state index < -0.39 is 0 Å². The molecular formula is C25H31N5O4S. The van der Waals surface area contributed by atoms with E-state index in [0.717, 1.165) is 18.4 Å². The van der Waals surface area contributed by atoms with E-state index in [2.05, 4.69) is 16.5 Å². The molecule has 1 saturated carbocycles. The van der Waals surface area contributed by atoms with E-state index >= 15 is 0 Å². The van der Waals surface area contributed by atoms with Gasteiger partial charge in [0, 0.05) is 34.7 Å². The molecule has 0 radical (unpaired) electrons. The Bertz CT molecular complexity index is 1150. The average molecular weight is 498 g/mol. The number of aliphatic hydroxyl groups is 2. The van der Waals surface area contributed by atoms with Crippen LogP contribution >= 0.6 is 11.8 Å². The summed E-state index contributed by atoms with van der Waals surface area (Å²) in [6, 6.07) is 9.01. The van der Waals surface area contributed by atoms with Gasteiger partial charge in [-0.25, -0.2) is 0 Å². The van der Waals surface area contributed by atoms with Crippen LogP contribution in [0.1, 0.15) is 64.4 Å². The quantitative estimate of drug-likeness (QED) is 0.455. The fourth-order valence-corrected chi connectivity index (χ4v) is 6.19. The summed E-state index contributed by atoms with van der Waals surface area (Å²) in [5.74, 6) is -0.547. The van der Waals surface area contributed by atoms with Crippen molar-refractivity contribution < 1.29 is 19.8 Å². The molecule has 1 aromatic carbocycles. The molecule has 0 unspecified atom stereocenters. The first-order valence-electron chi connectivity index (χ1n) is 11.8. The Morgan fingerprint density at radius 2 is 2.00 bits per heavy atom. The molecule has 0 atom stereocenters. The normalized spacial score (nSPS) is 16.5. The number of carbonyl (C=O) groups excluding carboxylic acids is 2. The molecule has 2 heterocycles. The molecule has 0 bridgehead atoms. The zero-order chi connectivity index (χ0) is 25.2. The van der Waals surface area contributed by atoms with E-state index in [-0.39, 0.29) is 53.3 Å². The predicted octanol–water partition coefficient (Wildman–Crippen LogP) is 1.71. The highest BCUT2D eigenvalue weighted by Gasteiger charge is 2.49. The zero-order valence-corrected chi connectivity index (χ0v) is 20.9. The lowest BCUT2D eigenvalue weighted by Gasteiger charge is -2.34. The number of hydrogen-bond acceptors (Lipinski definition) is 7. The van der Waals surface area contributed by atoms with Gasteiger partial charge in [0.2, 0.25) is 0 Å². The summed E-state index contributed by atoms with van der Waals surface area (Å²) in [7, 11) is 0. The fraction of sp³-hybridized carbons (Fsp3) is 0.520. The van der Waals surface area contributed by atoms with Crippen LogP contribution in [0.3, 0.4) is 0 Å². The fourth-order valence-electron chi connectivity index (χ4n) is 4.42. The van der Waals surface area contributed by atoms with Crippen LogP contribution in [0.2, 0.25) is 0 Å². The highest BCUT2D eigenvalue weighted by Crippen LogP contribution is 2.54. The molecule has 2 amide bonds. The molecule has 1 aliphatic carbocycles. The van der Waals surface area contributed by atoms with Gasteiger partial charge in [-0.05, 0) is 50.8 Å². The van der Waals surface area contributed by atoms with Crippen molar-refractivity contribution in [2.75, 3.05) is 26.3 Å². The largest absolute Gasteiger partial charge is 0.395 e. The number of hydrogen-bond donors (Lipinski definition) is 3. The molecule has 1 fully saturated rings. The number of nitriles is 1. The molecule has 186 valence electrons. The minimum Gasteiger partial charge on any atom is -0.395 e. The van der Waals surface area contributed by atoms with E-state index in [4.69, 9.17) is 5.26 Å². The third-order valence-corrected chi connectivity index (χ3v) is 8.05. The van der Waals surface area contributed by atoms with Crippen LogP contribution in [-0.2, 0) is 19.5 Å². The number of amides is 2. The summed E-state index contributed by atoms with van der Waals surface area (Å²) in [4.78, 5) is 28.3. The maximum absolute atomic E-state index is 13.5. The Morgan fingerprint density at radius 1 is 1.29 bits per heavy atom. The number of rotatable bonds is 10. The zero-order valence-electron chi connectivity index (χ0n) is 20.1. The number of aromatic nitrogens is 2. The van der Waals surface area contributed by atoms with Gasteiger partial charge in [-0.2, -0.15) is 10.4 Å². The maximum atomic E-state index is 13.5. The number of nitrogens with zero attached hydrogens (tertiary/aromatic N) is 4. The van der Waals surface area contributed by atoms with Crippen molar-refractivity contribution in [2.45, 2.75) is 55.7 Å². The highest BCUT2D eigenvalue weighted by atomic mass is 32.2. The predicted molar refractivity (Wildman–Crippen MR) is 132 cm³/mol. The SMILES string of the molecule is CC(C)(CO)SC1(CN2CCc3c(C(=O)NCc4ccc(C#N)cc4)nn(CCO)c3C2=O)CC1. The molecule has 1 aliphatic heterocycles. The van der Waals surface area contributed by atoms with Crippen molar-refractivity contribution in [1.82, 2.24) is 20.0 Å². The molecule has 4 rings (SSSR count). The highest BCUT2D eigenvalue weighted by molar-refractivity contribution is 8.02. The summed E-state index contributed by atoms with van der Waals surface area (Å²) < 4.78 is 1.12. The average Bonchev–Trinajstić information content (AvgIpc) is 3.49. The Labute approximate surface area is 209 Å². The molecule has 10 heteroatoms. The Hall–Kier alpha value is -2.87. The van der Waals surface area contributed by atoms with Crippen LogP contribution < -0.4 is 5.32 Å². The van der Waals surface area contributed by atoms with Gasteiger partial charge in [0.1, 0.15) is 5.69 Å². The lowest BCUT2D eigenvalue weighted by atomic mass is 10.0. The molecule has 9 nitrogen and oxygen atoms in total. The van der Waals surface area contributed by atoms with Gasteiger partial charge >= 0.3 is 0 Å². The minimum atomic E-state index is -0.373. The Balaban J connectivity index is 1.50. The number of benzene rings is 1. The first-order valence-corrected chi connectivity index (χ1v) is 12.6. The van der Waals surface area contributed by atoms with Crippen LogP contribution in [0.25, 0.3) is 0 Å². The Kier molecular flexibility index (Phi) is 7.22. The first kappa shape index (κ1) is 25.2. The second-order valence-corrected chi connectivity index (χ2v) is 12.0. The van der Waals surface area contributed by atoms with Gasteiger partial charge in [-0.1, -0.05) is 12.1 Å². The van der Waals surface area contributed by atoms with Crippen molar-refractivity contribution in [2.24, 2.45) is 0 Å². The molecule has 0 spiro atoms. The summed E-state index contributed by atoms with van der Waals surface area (Å²) >= 11 is 1.74. The van der Waals surface area contributed by atoms with E-state index in [1.165, 1.54) is 4.68 Å². The van der Waals surface area contributed by atoms with Crippen LogP contribution in [0.5, 0.6) is 0 Å². The van der Waals surface area contributed by atoms with Crippen molar-refractivity contribution in [3.63, 3.8) is 0 Å². The lowest BCUT2D eigenvalue weighted by molar-refractivity contribution is 0.0722. The summed E-state index contributed by atoms with van der Waals surface area (Å²) in [6.45, 7) is 5.37. The van der Waals surface area contributed by atoms with Crippen LogP contribution in [0, 0.1) is 11.3 Å². The first-order chi connectivity index (χ1) is 16.7. The molecular weight excluding hydrogens is 466 g/mol. The van der Waals surface area contributed by atoms with E-state index in [0.29, 0.717) is 36.3 Å². The smallest absolute Gasteiger partial charge is 0.272 e. The van der Waals surface area contributed by atoms with Crippen molar-refractivity contribution in [3.05, 3.63) is 52.3 Å². The van der Waals surface area contributed by atoms with Gasteiger partial charge in [0.25, 0.3) is 11.8 Å². The second kappa shape index (κ2) is 10.0. The lowest BCUT2D eigenvalue weighted by Crippen LogP contribution is -2.44. The molecule has 35 heavy (non-hydrogen) atoms. The molecule has 2 aliphatic rings. The van der Waals surface area contributed by atoms with Gasteiger partial charge in [-0.3, -0.25) is 14.3 Å².